The van der Waals surface area contributed by atoms with E-state index in [-0.39, 0.29) is 5.91 Å². The normalized spacial score (nSPS) is 13.4. The molecule has 0 heterocycles. The summed E-state index contributed by atoms with van der Waals surface area (Å²) in [5.41, 5.74) is -0.562. The molecule has 1 aromatic rings. The highest BCUT2D eigenvalue weighted by molar-refractivity contribution is 9.11. The molecule has 0 bridgehead atoms. The zero-order valence-corrected chi connectivity index (χ0v) is 14.8. The number of rotatable bonds is 5. The number of halogens is 2. The van der Waals surface area contributed by atoms with Gasteiger partial charge in [0.2, 0.25) is 0 Å². The van der Waals surface area contributed by atoms with Crippen LogP contribution in [0.25, 0.3) is 0 Å². The van der Waals surface area contributed by atoms with Crippen LogP contribution in [0, 0.1) is 0 Å². The molecule has 20 heavy (non-hydrogen) atoms. The number of hydrogen-bond acceptors (Lipinski definition) is 3. The van der Waals surface area contributed by atoms with Gasteiger partial charge in [0.15, 0.2) is 0 Å². The Morgan fingerprint density at radius 2 is 2.00 bits per heavy atom. The fraction of sp³-hybridized carbons (Fsp3) is 0.429. The largest absolute Gasteiger partial charge is 0.467 e. The monoisotopic (exact) mass is 405 g/mol. The number of hydrogen-bond donors (Lipinski definition) is 1. The van der Waals surface area contributed by atoms with Crippen molar-refractivity contribution < 1.29 is 14.3 Å². The number of carbonyl (C=O) groups excluding carboxylic acids is 2. The summed E-state index contributed by atoms with van der Waals surface area (Å²) in [5.74, 6) is -0.765. The Labute approximate surface area is 135 Å². The summed E-state index contributed by atoms with van der Waals surface area (Å²) in [6.45, 7) is 3.62. The van der Waals surface area contributed by atoms with Gasteiger partial charge in [-0.15, -0.1) is 0 Å². The number of amides is 1. The van der Waals surface area contributed by atoms with Gasteiger partial charge in [-0.05, 0) is 47.5 Å². The van der Waals surface area contributed by atoms with Gasteiger partial charge in [0, 0.05) is 8.95 Å². The van der Waals surface area contributed by atoms with Gasteiger partial charge in [-0.25, -0.2) is 4.79 Å². The summed E-state index contributed by atoms with van der Waals surface area (Å²) in [7, 11) is 1.32. The maximum absolute atomic E-state index is 12.4. The Kier molecular flexibility index (Phi) is 6.20. The van der Waals surface area contributed by atoms with E-state index in [9.17, 15) is 9.59 Å². The fourth-order valence-electron chi connectivity index (χ4n) is 1.93. The van der Waals surface area contributed by atoms with Gasteiger partial charge in [0.25, 0.3) is 5.91 Å². The van der Waals surface area contributed by atoms with Crippen LogP contribution in [0.1, 0.15) is 37.0 Å². The molecule has 1 aromatic carbocycles. The zero-order valence-electron chi connectivity index (χ0n) is 11.6. The summed E-state index contributed by atoms with van der Waals surface area (Å²) in [5, 5.41) is 2.77. The summed E-state index contributed by atoms with van der Waals surface area (Å²) in [6, 6.07) is 5.30. The van der Waals surface area contributed by atoms with Gasteiger partial charge in [-0.2, -0.15) is 0 Å². The second-order valence-electron chi connectivity index (χ2n) is 4.65. The van der Waals surface area contributed by atoms with Crippen LogP contribution in [0.3, 0.4) is 0 Å². The Morgan fingerprint density at radius 1 is 1.35 bits per heavy atom. The van der Waals surface area contributed by atoms with E-state index in [0.717, 1.165) is 10.9 Å². The highest BCUT2D eigenvalue weighted by Gasteiger charge is 2.35. The highest BCUT2D eigenvalue weighted by atomic mass is 79.9. The molecule has 0 fully saturated rings. The maximum atomic E-state index is 12.4. The maximum Gasteiger partial charge on any atom is 0.331 e. The molecule has 0 aliphatic heterocycles. The van der Waals surface area contributed by atoms with Crippen molar-refractivity contribution in [3.63, 3.8) is 0 Å². The molecule has 110 valence electrons. The molecule has 0 aliphatic rings. The lowest BCUT2D eigenvalue weighted by Gasteiger charge is -2.27. The second-order valence-corrected chi connectivity index (χ2v) is 6.42. The Balaban J connectivity index is 3.02. The number of methoxy groups -OCH3 is 1. The van der Waals surface area contributed by atoms with Crippen molar-refractivity contribution in [1.82, 2.24) is 5.32 Å². The van der Waals surface area contributed by atoms with E-state index in [1.807, 2.05) is 13.0 Å². The minimum Gasteiger partial charge on any atom is -0.467 e. The van der Waals surface area contributed by atoms with E-state index >= 15 is 0 Å². The smallest absolute Gasteiger partial charge is 0.331 e. The molecule has 0 saturated carbocycles. The van der Waals surface area contributed by atoms with Crippen molar-refractivity contribution in [3.8, 4) is 0 Å². The molecule has 0 aromatic heterocycles. The van der Waals surface area contributed by atoms with Gasteiger partial charge in [0.05, 0.1) is 12.7 Å². The first-order valence-electron chi connectivity index (χ1n) is 6.20. The molecule has 1 atom stereocenters. The minimum absolute atomic E-state index is 0.320. The summed E-state index contributed by atoms with van der Waals surface area (Å²) < 4.78 is 6.25. The molecule has 0 spiro atoms. The van der Waals surface area contributed by atoms with Gasteiger partial charge in [-0.3, -0.25) is 4.79 Å². The lowest BCUT2D eigenvalue weighted by atomic mass is 9.95. The highest BCUT2D eigenvalue weighted by Crippen LogP contribution is 2.23. The van der Waals surface area contributed by atoms with Crippen molar-refractivity contribution in [3.05, 3.63) is 32.7 Å². The van der Waals surface area contributed by atoms with E-state index in [2.05, 4.69) is 37.2 Å². The lowest BCUT2D eigenvalue weighted by molar-refractivity contribution is -0.147. The van der Waals surface area contributed by atoms with Crippen molar-refractivity contribution in [2.75, 3.05) is 7.11 Å². The Morgan fingerprint density at radius 3 is 2.55 bits per heavy atom. The molecule has 1 unspecified atom stereocenters. The van der Waals surface area contributed by atoms with Gasteiger partial charge < -0.3 is 10.1 Å². The molecule has 4 nitrogen and oxygen atoms in total. The molecule has 6 heteroatoms. The number of ether oxygens (including phenoxy) is 1. The van der Waals surface area contributed by atoms with E-state index in [4.69, 9.17) is 4.74 Å². The third kappa shape index (κ3) is 4.06. The van der Waals surface area contributed by atoms with E-state index < -0.39 is 11.5 Å². The molecule has 0 aliphatic carbocycles. The minimum atomic E-state index is -1.03. The van der Waals surface area contributed by atoms with Crippen molar-refractivity contribution in [2.24, 2.45) is 0 Å². The van der Waals surface area contributed by atoms with Crippen LogP contribution < -0.4 is 5.32 Å². The summed E-state index contributed by atoms with van der Waals surface area (Å²) >= 11 is 6.66. The molecule has 0 saturated heterocycles. The molecule has 1 N–H and O–H groups in total. The first kappa shape index (κ1) is 17.2. The average molecular weight is 407 g/mol. The van der Waals surface area contributed by atoms with Crippen LogP contribution in [0.5, 0.6) is 0 Å². The van der Waals surface area contributed by atoms with E-state index in [1.165, 1.54) is 7.11 Å². The summed E-state index contributed by atoms with van der Waals surface area (Å²) in [4.78, 5) is 24.2. The topological polar surface area (TPSA) is 55.4 Å². The second kappa shape index (κ2) is 7.22. The predicted molar refractivity (Wildman–Crippen MR) is 84.6 cm³/mol. The number of nitrogens with one attached hydrogen (secondary N) is 1. The number of carbonyl (C=O) groups is 2. The van der Waals surface area contributed by atoms with Crippen LogP contribution in [0.4, 0.5) is 0 Å². The lowest BCUT2D eigenvalue weighted by Crippen LogP contribution is -2.52. The van der Waals surface area contributed by atoms with E-state index in [0.29, 0.717) is 16.5 Å². The third-order valence-electron chi connectivity index (χ3n) is 2.95. The number of benzene rings is 1. The van der Waals surface area contributed by atoms with Crippen LogP contribution >= 0.6 is 31.9 Å². The van der Waals surface area contributed by atoms with Crippen LogP contribution in [0.2, 0.25) is 0 Å². The van der Waals surface area contributed by atoms with Crippen molar-refractivity contribution in [2.45, 2.75) is 32.2 Å². The Hall–Kier alpha value is -0.880. The molecule has 1 amide bonds. The standard InChI is InChI=1S/C14H17Br2NO3/c1-4-7-14(2,13(19)20-3)17-12(18)10-8-9(15)5-6-11(10)16/h5-6,8H,4,7H2,1-3H3,(H,17,18). The average Bonchev–Trinajstić information content (AvgIpc) is 2.40. The molecule has 1 rings (SSSR count). The summed E-state index contributed by atoms with van der Waals surface area (Å²) in [6.07, 6.45) is 1.27. The van der Waals surface area contributed by atoms with Gasteiger partial charge in [-0.1, -0.05) is 29.3 Å². The van der Waals surface area contributed by atoms with Gasteiger partial charge >= 0.3 is 5.97 Å². The van der Waals surface area contributed by atoms with Gasteiger partial charge in [0.1, 0.15) is 5.54 Å². The van der Waals surface area contributed by atoms with Crippen LogP contribution in [-0.4, -0.2) is 24.5 Å². The Bertz CT molecular complexity index is 519. The first-order chi connectivity index (χ1) is 9.34. The van der Waals surface area contributed by atoms with Crippen LogP contribution in [0.15, 0.2) is 27.1 Å². The molecule has 0 radical (unpaired) electrons. The third-order valence-corrected chi connectivity index (χ3v) is 4.13. The predicted octanol–water partition coefficient (Wildman–Crippen LogP) is 3.67. The fourth-order valence-corrected chi connectivity index (χ4v) is 2.72. The van der Waals surface area contributed by atoms with Crippen LogP contribution in [-0.2, 0) is 9.53 Å². The SMILES string of the molecule is CCCC(C)(NC(=O)c1cc(Br)ccc1Br)C(=O)OC. The van der Waals surface area contributed by atoms with Crippen molar-refractivity contribution >= 4 is 43.7 Å². The van der Waals surface area contributed by atoms with Crippen molar-refractivity contribution in [1.29, 1.82) is 0 Å². The molecular formula is C14H17Br2NO3. The molecular weight excluding hydrogens is 390 g/mol. The van der Waals surface area contributed by atoms with E-state index in [1.54, 1.807) is 19.1 Å². The zero-order chi connectivity index (χ0) is 15.3. The first-order valence-corrected chi connectivity index (χ1v) is 7.78. The quantitative estimate of drug-likeness (QED) is 0.759. The number of esters is 1.